The number of phenols is 1. The third kappa shape index (κ3) is 4.74. The summed E-state index contributed by atoms with van der Waals surface area (Å²) in [6, 6.07) is 29.0. The molecule has 0 spiro atoms. The number of hydrogen-bond acceptors (Lipinski definition) is 7. The standard InChI is InChI=1S/C44H37NO7/c1-4-25-15-17-29(18-16-25)45-42(49)31-20-19-30-33(38(31)43(45)50)23-34-40(47)32(26-11-7-5-8-12-26)24-37(46)44(34,28-13-9-6-10-14-28)39(30)27-21-35(51-2)41(48)36(22-27)52-3/h4-19,21-22,24,31,33-34,38-39,48H,1,20,23H2,2-3H3. The maximum Gasteiger partial charge on any atom is 0.238 e. The summed E-state index contributed by atoms with van der Waals surface area (Å²) in [7, 11) is 2.87. The number of aromatic hydroxyl groups is 1. The summed E-state index contributed by atoms with van der Waals surface area (Å²) in [5, 5.41) is 11.0. The van der Waals surface area contributed by atoms with E-state index in [0.717, 1.165) is 11.1 Å². The lowest BCUT2D eigenvalue weighted by Gasteiger charge is -2.55. The van der Waals surface area contributed by atoms with Crippen LogP contribution in [-0.4, -0.2) is 42.7 Å². The third-order valence-corrected chi connectivity index (χ3v) is 11.6. The lowest BCUT2D eigenvalue weighted by molar-refractivity contribution is -0.135. The van der Waals surface area contributed by atoms with E-state index < -0.39 is 35.0 Å². The van der Waals surface area contributed by atoms with Gasteiger partial charge in [0.15, 0.2) is 23.1 Å². The Kier molecular flexibility index (Phi) is 8.05. The lowest BCUT2D eigenvalue weighted by Crippen LogP contribution is -2.58. The zero-order chi connectivity index (χ0) is 36.3. The van der Waals surface area contributed by atoms with Gasteiger partial charge in [0, 0.05) is 17.4 Å². The maximum absolute atomic E-state index is 15.2. The monoisotopic (exact) mass is 691 g/mol. The van der Waals surface area contributed by atoms with Crippen LogP contribution in [-0.2, 0) is 24.6 Å². The summed E-state index contributed by atoms with van der Waals surface area (Å²) in [4.78, 5) is 60.4. The van der Waals surface area contributed by atoms with Crippen LogP contribution in [0.4, 0.5) is 5.69 Å². The van der Waals surface area contributed by atoms with E-state index >= 15 is 9.59 Å². The van der Waals surface area contributed by atoms with Gasteiger partial charge in [0.2, 0.25) is 17.6 Å². The number of rotatable bonds is 7. The molecule has 6 unspecified atom stereocenters. The number of Topliss-reactive ketones (excluding diaryl/α,β-unsaturated/α-hetero) is 1. The molecule has 2 fully saturated rings. The van der Waals surface area contributed by atoms with Crippen LogP contribution in [0.1, 0.15) is 41.0 Å². The van der Waals surface area contributed by atoms with Gasteiger partial charge in [-0.05, 0) is 71.4 Å². The molecule has 2 amide bonds. The molecule has 260 valence electrons. The summed E-state index contributed by atoms with van der Waals surface area (Å²) in [5.74, 6) is -4.57. The van der Waals surface area contributed by atoms with Gasteiger partial charge in [0.1, 0.15) is 0 Å². The fraction of sp³-hybridized carbons (Fsp3) is 0.227. The molecule has 4 aromatic rings. The zero-order valence-electron chi connectivity index (χ0n) is 28.8. The highest BCUT2D eigenvalue weighted by atomic mass is 16.5. The normalized spacial score (nSPS) is 26.5. The number of ketones is 2. The first-order valence-electron chi connectivity index (χ1n) is 17.4. The molecule has 1 saturated heterocycles. The van der Waals surface area contributed by atoms with Crippen molar-refractivity contribution in [2.45, 2.75) is 24.2 Å². The molecular formula is C44H37NO7. The zero-order valence-corrected chi connectivity index (χ0v) is 28.8. The van der Waals surface area contributed by atoms with Gasteiger partial charge in [0.25, 0.3) is 0 Å². The van der Waals surface area contributed by atoms with Crippen LogP contribution in [0.15, 0.2) is 121 Å². The molecule has 4 aromatic carbocycles. The van der Waals surface area contributed by atoms with Crippen LogP contribution < -0.4 is 14.4 Å². The molecule has 0 bridgehead atoms. The van der Waals surface area contributed by atoms with E-state index in [1.54, 1.807) is 30.3 Å². The second-order valence-electron chi connectivity index (χ2n) is 13.9. The predicted molar refractivity (Wildman–Crippen MR) is 197 cm³/mol. The summed E-state index contributed by atoms with van der Waals surface area (Å²) in [5.41, 5.74) is 2.92. The molecule has 8 heteroatoms. The SMILES string of the molecule is C=Cc1ccc(N2C(=O)C3CC=C4C(CC5C(=O)C(c6ccccc6)=CC(=O)C5(c5ccccc5)C4c4cc(OC)c(O)c(OC)c4)C3C2=O)cc1. The molecular weight excluding hydrogens is 654 g/mol. The van der Waals surface area contributed by atoms with E-state index in [1.807, 2.05) is 78.9 Å². The van der Waals surface area contributed by atoms with Gasteiger partial charge < -0.3 is 14.6 Å². The average molecular weight is 692 g/mol. The van der Waals surface area contributed by atoms with Gasteiger partial charge in [-0.2, -0.15) is 0 Å². The number of fused-ring (bicyclic) bond motifs is 4. The average Bonchev–Trinajstić information content (AvgIpc) is 3.44. The molecule has 1 heterocycles. The topological polar surface area (TPSA) is 110 Å². The summed E-state index contributed by atoms with van der Waals surface area (Å²) in [6.45, 7) is 3.81. The molecule has 1 N–H and O–H groups in total. The minimum Gasteiger partial charge on any atom is -0.502 e. The number of benzene rings is 4. The van der Waals surface area contributed by atoms with Crippen LogP contribution in [0, 0.1) is 23.7 Å². The number of nitrogens with zero attached hydrogens (tertiary/aromatic N) is 1. The molecule has 1 aliphatic heterocycles. The van der Waals surface area contributed by atoms with Crippen molar-refractivity contribution < 1.29 is 33.8 Å². The largest absolute Gasteiger partial charge is 0.502 e. The third-order valence-electron chi connectivity index (χ3n) is 11.6. The predicted octanol–water partition coefficient (Wildman–Crippen LogP) is 7.08. The Hall–Kier alpha value is -6.02. The molecule has 0 radical (unpaired) electrons. The summed E-state index contributed by atoms with van der Waals surface area (Å²) < 4.78 is 11.2. The fourth-order valence-corrected chi connectivity index (χ4v) is 9.34. The second kappa shape index (κ2) is 12.6. The summed E-state index contributed by atoms with van der Waals surface area (Å²) >= 11 is 0. The Morgan fingerprint density at radius 3 is 2.08 bits per heavy atom. The number of ether oxygens (including phenoxy) is 2. The number of methoxy groups -OCH3 is 2. The molecule has 8 nitrogen and oxygen atoms in total. The van der Waals surface area contributed by atoms with Crippen molar-refractivity contribution in [1.29, 1.82) is 0 Å². The molecule has 52 heavy (non-hydrogen) atoms. The number of hydrogen-bond donors (Lipinski definition) is 1. The van der Waals surface area contributed by atoms with Crippen molar-refractivity contribution >= 4 is 40.7 Å². The first-order chi connectivity index (χ1) is 25.2. The number of imide groups is 1. The van der Waals surface area contributed by atoms with Crippen molar-refractivity contribution in [3.63, 3.8) is 0 Å². The number of anilines is 1. The van der Waals surface area contributed by atoms with E-state index in [1.165, 1.54) is 25.2 Å². The van der Waals surface area contributed by atoms with E-state index in [2.05, 4.69) is 6.58 Å². The Morgan fingerprint density at radius 2 is 1.46 bits per heavy atom. The Morgan fingerprint density at radius 1 is 0.827 bits per heavy atom. The summed E-state index contributed by atoms with van der Waals surface area (Å²) in [6.07, 6.45) is 5.65. The van der Waals surface area contributed by atoms with Crippen LogP contribution >= 0.6 is 0 Å². The van der Waals surface area contributed by atoms with E-state index in [0.29, 0.717) is 28.0 Å². The van der Waals surface area contributed by atoms with Crippen molar-refractivity contribution in [3.8, 4) is 17.2 Å². The first-order valence-corrected chi connectivity index (χ1v) is 17.4. The van der Waals surface area contributed by atoms with Crippen molar-refractivity contribution in [3.05, 3.63) is 144 Å². The van der Waals surface area contributed by atoms with Crippen LogP contribution in [0.5, 0.6) is 17.2 Å². The molecule has 8 rings (SSSR count). The van der Waals surface area contributed by atoms with E-state index in [4.69, 9.17) is 9.47 Å². The van der Waals surface area contributed by atoms with Crippen LogP contribution in [0.3, 0.4) is 0 Å². The van der Waals surface area contributed by atoms with Gasteiger partial charge in [-0.1, -0.05) is 97.1 Å². The molecule has 1 saturated carbocycles. The minimum absolute atomic E-state index is 0.141. The highest BCUT2D eigenvalue weighted by molar-refractivity contribution is 6.32. The number of allylic oxidation sites excluding steroid dienone is 4. The van der Waals surface area contributed by atoms with Crippen molar-refractivity contribution in [2.75, 3.05) is 19.1 Å². The fourth-order valence-electron chi connectivity index (χ4n) is 9.34. The highest BCUT2D eigenvalue weighted by Crippen LogP contribution is 2.64. The van der Waals surface area contributed by atoms with Crippen LogP contribution in [0.2, 0.25) is 0 Å². The van der Waals surface area contributed by atoms with E-state index in [9.17, 15) is 14.7 Å². The molecule has 4 aliphatic rings. The smallest absolute Gasteiger partial charge is 0.238 e. The first kappa shape index (κ1) is 33.1. The van der Waals surface area contributed by atoms with Gasteiger partial charge in [-0.15, -0.1) is 0 Å². The highest BCUT2D eigenvalue weighted by Gasteiger charge is 2.66. The second-order valence-corrected chi connectivity index (χ2v) is 13.9. The van der Waals surface area contributed by atoms with Gasteiger partial charge in [-0.25, -0.2) is 0 Å². The molecule has 0 aromatic heterocycles. The van der Waals surface area contributed by atoms with Crippen molar-refractivity contribution in [2.24, 2.45) is 23.7 Å². The lowest BCUT2D eigenvalue weighted by atomic mass is 9.44. The van der Waals surface area contributed by atoms with Gasteiger partial charge in [-0.3, -0.25) is 24.1 Å². The Labute approximate surface area is 301 Å². The number of amides is 2. The Balaban J connectivity index is 1.37. The molecule has 3 aliphatic carbocycles. The number of carbonyl (C=O) groups is 4. The minimum atomic E-state index is -1.43. The number of carbonyl (C=O) groups excluding carboxylic acids is 4. The van der Waals surface area contributed by atoms with Crippen LogP contribution in [0.25, 0.3) is 11.6 Å². The quantitative estimate of drug-likeness (QED) is 0.163. The number of phenolic OH excluding ortho intramolecular Hbond substituents is 1. The van der Waals surface area contributed by atoms with E-state index in [-0.39, 0.29) is 53.5 Å². The van der Waals surface area contributed by atoms with Gasteiger partial charge >= 0.3 is 0 Å². The Bertz CT molecular complexity index is 2180. The molecule has 6 atom stereocenters. The maximum atomic E-state index is 15.2. The van der Waals surface area contributed by atoms with Gasteiger partial charge in [0.05, 0.1) is 37.2 Å². The van der Waals surface area contributed by atoms with Crippen molar-refractivity contribution in [1.82, 2.24) is 0 Å².